The SMILES string of the molecule is NCc1ccc(CN(C[C@H]2CNC[C@@H]2Cc2ccccc2)c2ccc(Cl)cc2)c2ccccc12. The van der Waals surface area contributed by atoms with Gasteiger partial charge in [-0.1, -0.05) is 78.3 Å². The van der Waals surface area contributed by atoms with Crippen molar-refractivity contribution in [3.05, 3.63) is 113 Å². The van der Waals surface area contributed by atoms with E-state index >= 15 is 0 Å². The van der Waals surface area contributed by atoms with Crippen LogP contribution < -0.4 is 16.0 Å². The van der Waals surface area contributed by atoms with Gasteiger partial charge in [0, 0.05) is 30.3 Å². The monoisotopic (exact) mass is 469 g/mol. The van der Waals surface area contributed by atoms with Gasteiger partial charge in [-0.2, -0.15) is 0 Å². The van der Waals surface area contributed by atoms with Gasteiger partial charge in [-0.05, 0) is 83.1 Å². The zero-order valence-corrected chi connectivity index (χ0v) is 20.2. The lowest BCUT2D eigenvalue weighted by atomic mass is 9.89. The summed E-state index contributed by atoms with van der Waals surface area (Å²) in [7, 11) is 0. The Morgan fingerprint density at radius 2 is 1.41 bits per heavy atom. The maximum absolute atomic E-state index is 6.23. The third-order valence-corrected chi connectivity index (χ3v) is 7.40. The van der Waals surface area contributed by atoms with Crippen LogP contribution in [0.1, 0.15) is 16.7 Å². The number of hydrogen-bond acceptors (Lipinski definition) is 3. The molecule has 0 bridgehead atoms. The summed E-state index contributed by atoms with van der Waals surface area (Å²) >= 11 is 6.23. The lowest BCUT2D eigenvalue weighted by Crippen LogP contribution is -2.33. The number of nitrogens with one attached hydrogen (secondary N) is 1. The van der Waals surface area contributed by atoms with Crippen LogP contribution in [0, 0.1) is 11.8 Å². The van der Waals surface area contributed by atoms with Gasteiger partial charge >= 0.3 is 0 Å². The van der Waals surface area contributed by atoms with E-state index in [0.717, 1.165) is 37.6 Å². The van der Waals surface area contributed by atoms with E-state index in [9.17, 15) is 0 Å². The van der Waals surface area contributed by atoms with Gasteiger partial charge in [-0.25, -0.2) is 0 Å². The summed E-state index contributed by atoms with van der Waals surface area (Å²) in [4.78, 5) is 2.52. The zero-order chi connectivity index (χ0) is 23.3. The molecule has 5 rings (SSSR count). The van der Waals surface area contributed by atoms with Crippen molar-refractivity contribution in [1.29, 1.82) is 0 Å². The molecule has 1 aliphatic rings. The van der Waals surface area contributed by atoms with Crippen LogP contribution in [-0.4, -0.2) is 19.6 Å². The minimum Gasteiger partial charge on any atom is -0.367 e. The van der Waals surface area contributed by atoms with Gasteiger partial charge in [0.2, 0.25) is 0 Å². The topological polar surface area (TPSA) is 41.3 Å². The average Bonchev–Trinajstić information content (AvgIpc) is 3.31. The summed E-state index contributed by atoms with van der Waals surface area (Å²) in [6.45, 7) is 4.52. The van der Waals surface area contributed by atoms with Crippen molar-refractivity contribution < 1.29 is 0 Å². The van der Waals surface area contributed by atoms with E-state index < -0.39 is 0 Å². The summed E-state index contributed by atoms with van der Waals surface area (Å²) < 4.78 is 0. The highest BCUT2D eigenvalue weighted by Gasteiger charge is 2.29. The highest BCUT2D eigenvalue weighted by Crippen LogP contribution is 2.30. The average molecular weight is 470 g/mol. The molecular formula is C30H32ClN3. The Labute approximate surface area is 207 Å². The van der Waals surface area contributed by atoms with E-state index in [4.69, 9.17) is 17.3 Å². The molecule has 4 heteroatoms. The van der Waals surface area contributed by atoms with E-state index in [-0.39, 0.29) is 0 Å². The fourth-order valence-electron chi connectivity index (χ4n) is 5.30. The van der Waals surface area contributed by atoms with Crippen LogP contribution in [0.2, 0.25) is 5.02 Å². The second-order valence-corrected chi connectivity index (χ2v) is 9.80. The highest BCUT2D eigenvalue weighted by atomic mass is 35.5. The first-order valence-electron chi connectivity index (χ1n) is 12.2. The predicted molar refractivity (Wildman–Crippen MR) is 144 cm³/mol. The van der Waals surface area contributed by atoms with Crippen molar-refractivity contribution in [2.75, 3.05) is 24.5 Å². The van der Waals surface area contributed by atoms with Crippen LogP contribution in [0.25, 0.3) is 10.8 Å². The molecule has 0 unspecified atom stereocenters. The maximum atomic E-state index is 6.23. The molecule has 1 fully saturated rings. The Balaban J connectivity index is 1.44. The first-order chi connectivity index (χ1) is 16.7. The lowest BCUT2D eigenvalue weighted by Gasteiger charge is -2.31. The molecule has 0 aromatic heterocycles. The van der Waals surface area contributed by atoms with E-state index in [1.807, 2.05) is 12.1 Å². The van der Waals surface area contributed by atoms with Crippen LogP contribution in [0.15, 0.2) is 91.0 Å². The van der Waals surface area contributed by atoms with Crippen molar-refractivity contribution in [1.82, 2.24) is 5.32 Å². The number of nitrogens with zero attached hydrogens (tertiary/aromatic N) is 1. The number of fused-ring (bicyclic) bond motifs is 1. The van der Waals surface area contributed by atoms with Gasteiger partial charge in [0.1, 0.15) is 0 Å². The predicted octanol–water partition coefficient (Wildman–Crippen LogP) is 6.04. The molecule has 0 saturated carbocycles. The molecule has 0 spiro atoms. The lowest BCUT2D eigenvalue weighted by molar-refractivity contribution is 0.413. The number of halogens is 1. The van der Waals surface area contributed by atoms with E-state index in [2.05, 4.69) is 89.1 Å². The fourth-order valence-corrected chi connectivity index (χ4v) is 5.42. The summed E-state index contributed by atoms with van der Waals surface area (Å²) in [5, 5.41) is 6.96. The maximum Gasteiger partial charge on any atom is 0.0435 e. The van der Waals surface area contributed by atoms with Crippen LogP contribution in [0.4, 0.5) is 5.69 Å². The number of nitrogens with two attached hydrogens (primary N) is 1. The smallest absolute Gasteiger partial charge is 0.0435 e. The van der Waals surface area contributed by atoms with Gasteiger partial charge in [0.15, 0.2) is 0 Å². The Morgan fingerprint density at radius 3 is 2.15 bits per heavy atom. The van der Waals surface area contributed by atoms with Gasteiger partial charge < -0.3 is 16.0 Å². The first kappa shape index (κ1) is 22.9. The molecule has 0 radical (unpaired) electrons. The normalized spacial score (nSPS) is 17.8. The molecule has 0 aliphatic carbocycles. The molecule has 1 aliphatic heterocycles. The van der Waals surface area contributed by atoms with Crippen molar-refractivity contribution in [2.45, 2.75) is 19.5 Å². The van der Waals surface area contributed by atoms with Crippen molar-refractivity contribution in [3.63, 3.8) is 0 Å². The van der Waals surface area contributed by atoms with Crippen LogP contribution in [0.3, 0.4) is 0 Å². The Kier molecular flexibility index (Phi) is 7.15. The minimum atomic E-state index is 0.552. The Hall–Kier alpha value is -2.85. The molecule has 3 nitrogen and oxygen atoms in total. The van der Waals surface area contributed by atoms with Gasteiger partial charge in [0.25, 0.3) is 0 Å². The van der Waals surface area contributed by atoms with Gasteiger partial charge in [-0.3, -0.25) is 0 Å². The summed E-state index contributed by atoms with van der Waals surface area (Å²) in [6, 6.07) is 32.2. The first-order valence-corrected chi connectivity index (χ1v) is 12.5. The second-order valence-electron chi connectivity index (χ2n) is 9.36. The van der Waals surface area contributed by atoms with Crippen LogP contribution in [-0.2, 0) is 19.5 Å². The standard InChI is InChI=1S/C30H32ClN3/c31-27-12-14-28(15-13-27)34(20-24-11-10-23(17-32)29-8-4-5-9-30(24)29)21-26-19-33-18-25(26)16-22-6-2-1-3-7-22/h1-15,25-26,33H,16-21,32H2/t25-,26+/m0/s1. The third kappa shape index (κ3) is 5.12. The molecule has 4 aromatic rings. The quantitative estimate of drug-likeness (QED) is 0.330. The molecular weight excluding hydrogens is 438 g/mol. The van der Waals surface area contributed by atoms with E-state index in [0.29, 0.717) is 18.4 Å². The second kappa shape index (κ2) is 10.6. The van der Waals surface area contributed by atoms with E-state index in [1.165, 1.54) is 33.2 Å². The summed E-state index contributed by atoms with van der Waals surface area (Å²) in [5.41, 5.74) is 11.2. The van der Waals surface area contributed by atoms with Crippen LogP contribution >= 0.6 is 11.6 Å². The highest BCUT2D eigenvalue weighted by molar-refractivity contribution is 6.30. The minimum absolute atomic E-state index is 0.552. The number of rotatable bonds is 8. The van der Waals surface area contributed by atoms with Crippen LogP contribution in [0.5, 0.6) is 0 Å². The van der Waals surface area contributed by atoms with Gasteiger partial charge in [-0.15, -0.1) is 0 Å². The fraction of sp³-hybridized carbons (Fsp3) is 0.267. The molecule has 1 saturated heterocycles. The number of anilines is 1. The number of benzene rings is 4. The van der Waals surface area contributed by atoms with E-state index in [1.54, 1.807) is 0 Å². The summed E-state index contributed by atoms with van der Waals surface area (Å²) in [6.07, 6.45) is 1.11. The molecule has 1 heterocycles. The van der Waals surface area contributed by atoms with Crippen molar-refractivity contribution >= 4 is 28.1 Å². The molecule has 0 amide bonds. The molecule has 4 aromatic carbocycles. The molecule has 34 heavy (non-hydrogen) atoms. The van der Waals surface area contributed by atoms with Crippen molar-refractivity contribution in [2.24, 2.45) is 17.6 Å². The van der Waals surface area contributed by atoms with Crippen molar-refractivity contribution in [3.8, 4) is 0 Å². The third-order valence-electron chi connectivity index (χ3n) is 7.15. The number of hydrogen-bond donors (Lipinski definition) is 2. The molecule has 2 atom stereocenters. The molecule has 174 valence electrons. The molecule has 3 N–H and O–H groups in total. The zero-order valence-electron chi connectivity index (χ0n) is 19.5. The Bertz CT molecular complexity index is 1220. The van der Waals surface area contributed by atoms with Gasteiger partial charge in [0.05, 0.1) is 0 Å². The summed E-state index contributed by atoms with van der Waals surface area (Å²) in [5.74, 6) is 1.19. The Morgan fingerprint density at radius 1 is 0.765 bits per heavy atom. The largest absolute Gasteiger partial charge is 0.367 e.